The van der Waals surface area contributed by atoms with Gasteiger partial charge >= 0.3 is 11.3 Å². The molecule has 0 bridgehead atoms. The SMILES string of the molecule is O=C(N(O)C1CC1)C(F)(F)Cl. The van der Waals surface area contributed by atoms with Crippen molar-refractivity contribution in [2.45, 2.75) is 24.3 Å². The Balaban J connectivity index is 2.52. The van der Waals surface area contributed by atoms with Crippen molar-refractivity contribution in [3.05, 3.63) is 0 Å². The number of alkyl halides is 3. The molecule has 11 heavy (non-hydrogen) atoms. The molecule has 0 aromatic heterocycles. The van der Waals surface area contributed by atoms with Gasteiger partial charge in [-0.15, -0.1) is 0 Å². The van der Waals surface area contributed by atoms with Crippen LogP contribution in [0.1, 0.15) is 12.8 Å². The zero-order valence-electron chi connectivity index (χ0n) is 5.43. The van der Waals surface area contributed by atoms with E-state index < -0.39 is 17.3 Å². The molecule has 1 saturated carbocycles. The maximum atomic E-state index is 12.0. The summed E-state index contributed by atoms with van der Waals surface area (Å²) in [6.07, 6.45) is 1.10. The summed E-state index contributed by atoms with van der Waals surface area (Å²) in [5, 5.41) is 4.73. The molecule has 0 spiro atoms. The van der Waals surface area contributed by atoms with Crippen LogP contribution in [0.25, 0.3) is 0 Å². The van der Waals surface area contributed by atoms with E-state index in [4.69, 9.17) is 5.21 Å². The lowest BCUT2D eigenvalue weighted by Gasteiger charge is -2.15. The molecule has 1 amide bonds. The van der Waals surface area contributed by atoms with Crippen LogP contribution in [0, 0.1) is 0 Å². The van der Waals surface area contributed by atoms with Crippen LogP contribution in [0.3, 0.4) is 0 Å². The van der Waals surface area contributed by atoms with Gasteiger partial charge in [-0.25, -0.2) is 5.06 Å². The van der Waals surface area contributed by atoms with Gasteiger partial charge in [0.25, 0.3) is 0 Å². The number of rotatable bonds is 2. The number of hydrogen-bond acceptors (Lipinski definition) is 2. The maximum absolute atomic E-state index is 12.0. The number of hydrogen-bond donors (Lipinski definition) is 1. The molecule has 0 aromatic rings. The molecule has 1 aliphatic rings. The fourth-order valence-corrected chi connectivity index (χ4v) is 0.701. The molecule has 0 atom stereocenters. The van der Waals surface area contributed by atoms with Crippen molar-refractivity contribution in [1.29, 1.82) is 0 Å². The molecule has 0 radical (unpaired) electrons. The molecule has 6 heteroatoms. The smallest absolute Gasteiger partial charge is 0.285 e. The first-order valence-corrected chi connectivity index (χ1v) is 3.40. The summed E-state index contributed by atoms with van der Waals surface area (Å²) in [6.45, 7) is 0. The minimum Gasteiger partial charge on any atom is -0.285 e. The average molecular weight is 186 g/mol. The predicted octanol–water partition coefficient (Wildman–Crippen LogP) is 1.20. The molecule has 1 fully saturated rings. The van der Waals surface area contributed by atoms with Gasteiger partial charge in [-0.2, -0.15) is 8.78 Å². The largest absolute Gasteiger partial charge is 0.402 e. The Morgan fingerprint density at radius 3 is 2.36 bits per heavy atom. The zero-order valence-corrected chi connectivity index (χ0v) is 6.18. The molecular weight excluding hydrogens is 180 g/mol. The third-order valence-corrected chi connectivity index (χ3v) is 1.50. The van der Waals surface area contributed by atoms with Crippen molar-refractivity contribution in [3.8, 4) is 0 Å². The Morgan fingerprint density at radius 1 is 1.64 bits per heavy atom. The van der Waals surface area contributed by atoms with E-state index in [0.717, 1.165) is 0 Å². The maximum Gasteiger partial charge on any atom is 0.402 e. The standard InChI is InChI=1S/C5H6ClF2NO2/c6-5(7,8)4(10)9(11)3-1-2-3/h3,11H,1-2H2. The summed E-state index contributed by atoms with van der Waals surface area (Å²) in [6, 6.07) is -0.466. The lowest BCUT2D eigenvalue weighted by molar-refractivity contribution is -0.184. The topological polar surface area (TPSA) is 40.5 Å². The van der Waals surface area contributed by atoms with Crippen molar-refractivity contribution < 1.29 is 18.8 Å². The minimum atomic E-state index is -3.99. The summed E-state index contributed by atoms with van der Waals surface area (Å²) < 4.78 is 23.9. The summed E-state index contributed by atoms with van der Waals surface area (Å²) in [4.78, 5) is 10.4. The quantitative estimate of drug-likeness (QED) is 0.399. The van der Waals surface area contributed by atoms with E-state index in [0.29, 0.717) is 12.8 Å². The van der Waals surface area contributed by atoms with Gasteiger partial charge < -0.3 is 0 Å². The van der Waals surface area contributed by atoms with Crippen LogP contribution >= 0.6 is 11.6 Å². The summed E-state index contributed by atoms with van der Waals surface area (Å²) in [5.41, 5.74) is 0. The molecule has 0 saturated heterocycles. The first-order chi connectivity index (χ1) is 4.93. The number of nitrogens with zero attached hydrogens (tertiary/aromatic N) is 1. The lowest BCUT2D eigenvalue weighted by Crippen LogP contribution is -2.39. The lowest BCUT2D eigenvalue weighted by atomic mass is 10.5. The van der Waals surface area contributed by atoms with E-state index in [2.05, 4.69) is 11.6 Å². The fourth-order valence-electron chi connectivity index (χ4n) is 0.615. The Hall–Kier alpha value is -0.420. The Labute approximate surface area is 66.5 Å². The third-order valence-electron chi connectivity index (χ3n) is 1.34. The van der Waals surface area contributed by atoms with Crippen LogP contribution in [-0.2, 0) is 4.79 Å². The molecule has 0 aliphatic heterocycles. The molecular formula is C5H6ClF2NO2. The van der Waals surface area contributed by atoms with Gasteiger partial charge in [-0.05, 0) is 24.4 Å². The molecule has 1 N–H and O–H groups in total. The van der Waals surface area contributed by atoms with E-state index in [1.54, 1.807) is 0 Å². The fraction of sp³-hybridized carbons (Fsp3) is 0.800. The molecule has 3 nitrogen and oxygen atoms in total. The van der Waals surface area contributed by atoms with Gasteiger partial charge in [0.2, 0.25) is 0 Å². The number of amides is 1. The van der Waals surface area contributed by atoms with Crippen molar-refractivity contribution in [1.82, 2.24) is 5.06 Å². The predicted molar refractivity (Wildman–Crippen MR) is 32.5 cm³/mol. The van der Waals surface area contributed by atoms with Crippen molar-refractivity contribution in [2.24, 2.45) is 0 Å². The highest BCUT2D eigenvalue weighted by Gasteiger charge is 2.44. The zero-order chi connectivity index (χ0) is 8.65. The normalized spacial score (nSPS) is 18.2. The van der Waals surface area contributed by atoms with Gasteiger partial charge in [0.15, 0.2) is 0 Å². The van der Waals surface area contributed by atoms with Crippen LogP contribution in [0.5, 0.6) is 0 Å². The summed E-state index contributed by atoms with van der Waals surface area (Å²) >= 11 is 4.37. The van der Waals surface area contributed by atoms with Gasteiger partial charge in [0.1, 0.15) is 0 Å². The first kappa shape index (κ1) is 8.67. The van der Waals surface area contributed by atoms with Crippen molar-refractivity contribution in [3.63, 3.8) is 0 Å². The first-order valence-electron chi connectivity index (χ1n) is 3.02. The highest BCUT2D eigenvalue weighted by molar-refractivity contribution is 6.32. The van der Waals surface area contributed by atoms with Crippen LogP contribution in [0.15, 0.2) is 0 Å². The van der Waals surface area contributed by atoms with Crippen LogP contribution < -0.4 is 0 Å². The summed E-state index contributed by atoms with van der Waals surface area (Å²) in [5.74, 6) is -1.75. The molecule has 1 rings (SSSR count). The molecule has 0 unspecified atom stereocenters. The number of halogens is 3. The number of hydroxylamine groups is 2. The highest BCUT2D eigenvalue weighted by atomic mass is 35.5. The van der Waals surface area contributed by atoms with Crippen LogP contribution in [0.2, 0.25) is 0 Å². The van der Waals surface area contributed by atoms with Gasteiger partial charge in [0.05, 0.1) is 6.04 Å². The average Bonchev–Trinajstić information content (AvgIpc) is 2.63. The second-order valence-corrected chi connectivity index (χ2v) is 2.85. The molecule has 0 aromatic carbocycles. The van der Waals surface area contributed by atoms with Crippen molar-refractivity contribution in [2.75, 3.05) is 0 Å². The van der Waals surface area contributed by atoms with E-state index in [9.17, 15) is 13.6 Å². The second kappa shape index (κ2) is 2.57. The van der Waals surface area contributed by atoms with E-state index in [1.807, 2.05) is 0 Å². The molecule has 1 aliphatic carbocycles. The van der Waals surface area contributed by atoms with Gasteiger partial charge in [0, 0.05) is 0 Å². The van der Waals surface area contributed by atoms with E-state index in [-0.39, 0.29) is 5.06 Å². The van der Waals surface area contributed by atoms with E-state index >= 15 is 0 Å². The monoisotopic (exact) mass is 185 g/mol. The molecule has 0 heterocycles. The number of carbonyl (C=O) groups excluding carboxylic acids is 1. The second-order valence-electron chi connectivity index (χ2n) is 2.38. The Morgan fingerprint density at radius 2 is 2.09 bits per heavy atom. The molecule has 64 valence electrons. The van der Waals surface area contributed by atoms with Crippen molar-refractivity contribution >= 4 is 17.5 Å². The Bertz CT molecular complexity index is 178. The minimum absolute atomic E-state index is 0.00694. The summed E-state index contributed by atoms with van der Waals surface area (Å²) in [7, 11) is 0. The third kappa shape index (κ3) is 2.00. The van der Waals surface area contributed by atoms with Gasteiger partial charge in [-0.3, -0.25) is 10.0 Å². The number of carbonyl (C=O) groups is 1. The van der Waals surface area contributed by atoms with E-state index in [1.165, 1.54) is 0 Å². The highest BCUT2D eigenvalue weighted by Crippen LogP contribution is 2.30. The van der Waals surface area contributed by atoms with Crippen LogP contribution in [0.4, 0.5) is 8.78 Å². The van der Waals surface area contributed by atoms with Crippen LogP contribution in [-0.4, -0.2) is 27.6 Å². The Kier molecular flexibility index (Phi) is 2.02. The van der Waals surface area contributed by atoms with Gasteiger partial charge in [-0.1, -0.05) is 0 Å².